The van der Waals surface area contributed by atoms with Gasteiger partial charge >= 0.3 is 5.97 Å². The first-order valence-corrected chi connectivity index (χ1v) is 9.19. The number of likely N-dealkylation sites (tertiary alicyclic amines) is 1. The van der Waals surface area contributed by atoms with E-state index in [0.717, 1.165) is 41.7 Å². The molecule has 1 aliphatic rings. The van der Waals surface area contributed by atoms with Crippen molar-refractivity contribution in [3.63, 3.8) is 0 Å². The topological polar surface area (TPSA) is 58.6 Å². The molecule has 1 amide bonds. The molecular weight excluding hydrogens is 372 g/mol. The highest BCUT2D eigenvalue weighted by molar-refractivity contribution is 9.10. The molecule has 1 aromatic rings. The van der Waals surface area contributed by atoms with E-state index < -0.39 is 0 Å². The van der Waals surface area contributed by atoms with Crippen LogP contribution in [0.15, 0.2) is 22.7 Å². The van der Waals surface area contributed by atoms with Crippen molar-refractivity contribution in [1.29, 1.82) is 0 Å². The molecule has 1 fully saturated rings. The van der Waals surface area contributed by atoms with Crippen LogP contribution in [0.2, 0.25) is 0 Å². The number of benzene rings is 1. The summed E-state index contributed by atoms with van der Waals surface area (Å²) in [6, 6.07) is 5.61. The molecule has 24 heavy (non-hydrogen) atoms. The van der Waals surface area contributed by atoms with Crippen LogP contribution >= 0.6 is 15.9 Å². The van der Waals surface area contributed by atoms with Crippen LogP contribution in [-0.4, -0.2) is 42.5 Å². The number of carbonyl (C=O) groups is 2. The van der Waals surface area contributed by atoms with E-state index in [4.69, 9.17) is 4.74 Å². The first-order valence-electron chi connectivity index (χ1n) is 8.40. The quantitative estimate of drug-likeness (QED) is 0.775. The van der Waals surface area contributed by atoms with Crippen molar-refractivity contribution in [2.24, 2.45) is 5.92 Å². The lowest BCUT2D eigenvalue weighted by atomic mass is 9.96. The normalized spacial score (nSPS) is 17.3. The van der Waals surface area contributed by atoms with Crippen LogP contribution in [-0.2, 0) is 14.3 Å². The van der Waals surface area contributed by atoms with E-state index in [-0.39, 0.29) is 23.8 Å². The number of amides is 1. The van der Waals surface area contributed by atoms with Gasteiger partial charge in [0.2, 0.25) is 5.91 Å². The van der Waals surface area contributed by atoms with Gasteiger partial charge in [0.15, 0.2) is 0 Å². The Hall–Kier alpha value is -1.40. The Morgan fingerprint density at radius 2 is 2.04 bits per heavy atom. The average Bonchev–Trinajstić information content (AvgIpc) is 2.57. The molecule has 5 nitrogen and oxygen atoms in total. The lowest BCUT2D eigenvalue weighted by molar-refractivity contribution is -0.149. The maximum absolute atomic E-state index is 12.5. The van der Waals surface area contributed by atoms with Crippen LogP contribution in [0.3, 0.4) is 0 Å². The van der Waals surface area contributed by atoms with Gasteiger partial charge in [-0.1, -0.05) is 6.07 Å². The minimum absolute atomic E-state index is 0.0332. The first-order chi connectivity index (χ1) is 11.4. The van der Waals surface area contributed by atoms with E-state index >= 15 is 0 Å². The standard InChI is InChI=1S/C18H25BrN2O3/c1-4-24-18(23)14-7-9-21(10-8-14)13(3)17(22)20-16-6-5-12(2)11-15(16)19/h5-6,11,13-14H,4,7-10H2,1-3H3,(H,20,22). The minimum Gasteiger partial charge on any atom is -0.466 e. The molecule has 0 saturated carbocycles. The summed E-state index contributed by atoms with van der Waals surface area (Å²) in [5.74, 6) is -0.185. The van der Waals surface area contributed by atoms with Gasteiger partial charge in [0.25, 0.3) is 0 Å². The number of halogens is 1. The monoisotopic (exact) mass is 396 g/mol. The van der Waals surface area contributed by atoms with Crippen molar-refractivity contribution in [2.75, 3.05) is 25.0 Å². The summed E-state index contributed by atoms with van der Waals surface area (Å²) in [7, 11) is 0. The van der Waals surface area contributed by atoms with Crippen LogP contribution in [0.1, 0.15) is 32.3 Å². The Balaban J connectivity index is 1.89. The Bertz CT molecular complexity index is 598. The van der Waals surface area contributed by atoms with Gasteiger partial charge in [-0.2, -0.15) is 0 Å². The number of anilines is 1. The molecule has 6 heteroatoms. The van der Waals surface area contributed by atoms with Crippen molar-refractivity contribution >= 4 is 33.5 Å². The SMILES string of the molecule is CCOC(=O)C1CCN(C(C)C(=O)Nc2ccc(C)cc2Br)CC1. The third-order valence-electron chi connectivity index (χ3n) is 4.46. The van der Waals surface area contributed by atoms with Crippen molar-refractivity contribution in [3.05, 3.63) is 28.2 Å². The number of aryl methyl sites for hydroxylation is 1. The molecule has 2 rings (SSSR count). The second-order valence-electron chi connectivity index (χ2n) is 6.21. The number of hydrogen-bond acceptors (Lipinski definition) is 4. The summed E-state index contributed by atoms with van der Waals surface area (Å²) in [4.78, 5) is 26.4. The molecule has 132 valence electrons. The van der Waals surface area contributed by atoms with Gasteiger partial charge < -0.3 is 10.1 Å². The van der Waals surface area contributed by atoms with Gasteiger partial charge in [0, 0.05) is 4.47 Å². The van der Waals surface area contributed by atoms with Crippen LogP contribution in [0, 0.1) is 12.8 Å². The highest BCUT2D eigenvalue weighted by Crippen LogP contribution is 2.25. The molecule has 1 heterocycles. The van der Waals surface area contributed by atoms with Crippen molar-refractivity contribution in [1.82, 2.24) is 4.90 Å². The molecule has 0 radical (unpaired) electrons. The smallest absolute Gasteiger partial charge is 0.309 e. The largest absolute Gasteiger partial charge is 0.466 e. The molecule has 1 unspecified atom stereocenters. The number of piperidine rings is 1. The zero-order valence-electron chi connectivity index (χ0n) is 14.5. The third-order valence-corrected chi connectivity index (χ3v) is 5.12. The molecule has 0 aliphatic carbocycles. The maximum Gasteiger partial charge on any atom is 0.309 e. The zero-order valence-corrected chi connectivity index (χ0v) is 16.1. The van der Waals surface area contributed by atoms with Crippen LogP contribution in [0.25, 0.3) is 0 Å². The lowest BCUT2D eigenvalue weighted by Gasteiger charge is -2.34. The van der Waals surface area contributed by atoms with E-state index in [9.17, 15) is 9.59 Å². The summed E-state index contributed by atoms with van der Waals surface area (Å²) in [6.07, 6.45) is 1.48. The second-order valence-corrected chi connectivity index (χ2v) is 7.07. The van der Waals surface area contributed by atoms with Crippen molar-refractivity contribution < 1.29 is 14.3 Å². The Morgan fingerprint density at radius 3 is 2.62 bits per heavy atom. The fourth-order valence-corrected chi connectivity index (χ4v) is 3.50. The van der Waals surface area contributed by atoms with Crippen LogP contribution in [0.4, 0.5) is 5.69 Å². The highest BCUT2D eigenvalue weighted by atomic mass is 79.9. The fraction of sp³-hybridized carbons (Fsp3) is 0.556. The zero-order chi connectivity index (χ0) is 17.7. The summed E-state index contributed by atoms with van der Waals surface area (Å²) >= 11 is 3.48. The molecular formula is C18H25BrN2O3. The van der Waals surface area contributed by atoms with E-state index in [1.165, 1.54) is 0 Å². The van der Waals surface area contributed by atoms with Crippen molar-refractivity contribution in [2.45, 2.75) is 39.7 Å². The Kier molecular flexibility index (Phi) is 6.80. The van der Waals surface area contributed by atoms with Crippen molar-refractivity contribution in [3.8, 4) is 0 Å². The number of ether oxygens (including phenoxy) is 1. The maximum atomic E-state index is 12.5. The van der Waals surface area contributed by atoms with E-state index in [1.807, 2.05) is 39.0 Å². The summed E-state index contributed by atoms with van der Waals surface area (Å²) in [5.41, 5.74) is 1.91. The predicted molar refractivity (Wildman–Crippen MR) is 97.9 cm³/mol. The van der Waals surface area contributed by atoms with Gasteiger partial charge in [-0.3, -0.25) is 14.5 Å². The average molecular weight is 397 g/mol. The molecule has 0 aromatic heterocycles. The minimum atomic E-state index is -0.235. The number of carbonyl (C=O) groups excluding carboxylic acids is 2. The summed E-state index contributed by atoms with van der Waals surface area (Å²) in [5, 5.41) is 2.97. The number of nitrogens with zero attached hydrogens (tertiary/aromatic N) is 1. The van der Waals surface area contributed by atoms with Gasteiger partial charge in [0.1, 0.15) is 0 Å². The number of rotatable bonds is 5. The predicted octanol–water partition coefficient (Wildman–Crippen LogP) is 3.36. The number of nitrogens with one attached hydrogen (secondary N) is 1. The number of esters is 1. The molecule has 1 saturated heterocycles. The van der Waals surface area contributed by atoms with Gasteiger partial charge in [-0.15, -0.1) is 0 Å². The van der Waals surface area contributed by atoms with Gasteiger partial charge in [-0.05, 0) is 80.3 Å². The third kappa shape index (κ3) is 4.80. The Labute approximate surface area is 151 Å². The first kappa shape index (κ1) is 18.9. The summed E-state index contributed by atoms with van der Waals surface area (Å²) < 4.78 is 5.96. The fourth-order valence-electron chi connectivity index (χ4n) is 2.91. The van der Waals surface area contributed by atoms with Crippen LogP contribution in [0.5, 0.6) is 0 Å². The van der Waals surface area contributed by atoms with Gasteiger partial charge in [-0.25, -0.2) is 0 Å². The molecule has 0 bridgehead atoms. The highest BCUT2D eigenvalue weighted by Gasteiger charge is 2.30. The van der Waals surface area contributed by atoms with Crippen LogP contribution < -0.4 is 5.32 Å². The Morgan fingerprint density at radius 1 is 1.38 bits per heavy atom. The molecule has 1 N–H and O–H groups in total. The van der Waals surface area contributed by atoms with E-state index in [2.05, 4.69) is 26.1 Å². The van der Waals surface area contributed by atoms with E-state index in [1.54, 1.807) is 0 Å². The number of hydrogen-bond donors (Lipinski definition) is 1. The van der Waals surface area contributed by atoms with Gasteiger partial charge in [0.05, 0.1) is 24.3 Å². The molecule has 1 aliphatic heterocycles. The lowest BCUT2D eigenvalue weighted by Crippen LogP contribution is -2.47. The van der Waals surface area contributed by atoms with E-state index in [0.29, 0.717) is 6.61 Å². The molecule has 1 atom stereocenters. The molecule has 1 aromatic carbocycles. The molecule has 0 spiro atoms. The second kappa shape index (κ2) is 8.62. The summed E-state index contributed by atoms with van der Waals surface area (Å²) in [6.45, 7) is 7.61.